The molecular formula is C12H27NO. The van der Waals surface area contributed by atoms with Crippen LogP contribution < -0.4 is 5.73 Å². The average Bonchev–Trinajstić information content (AvgIpc) is 2.18. The SMILES string of the molecule is CCCCCCC(CN)(CO)C(C)C. The molecule has 0 radical (unpaired) electrons. The zero-order chi connectivity index (χ0) is 11.0. The van der Waals surface area contributed by atoms with Crippen molar-refractivity contribution in [1.29, 1.82) is 0 Å². The second-order valence-corrected chi connectivity index (χ2v) is 4.69. The fourth-order valence-corrected chi connectivity index (χ4v) is 1.86. The van der Waals surface area contributed by atoms with Crippen LogP contribution in [0.2, 0.25) is 0 Å². The lowest BCUT2D eigenvalue weighted by molar-refractivity contribution is 0.0722. The number of hydrogen-bond acceptors (Lipinski definition) is 2. The van der Waals surface area contributed by atoms with Gasteiger partial charge >= 0.3 is 0 Å². The molecule has 0 aliphatic rings. The highest BCUT2D eigenvalue weighted by Gasteiger charge is 2.30. The predicted molar refractivity (Wildman–Crippen MR) is 62.2 cm³/mol. The van der Waals surface area contributed by atoms with E-state index in [-0.39, 0.29) is 12.0 Å². The molecule has 0 spiro atoms. The maximum absolute atomic E-state index is 9.42. The van der Waals surface area contributed by atoms with Crippen LogP contribution in [0.4, 0.5) is 0 Å². The number of hydrogen-bond donors (Lipinski definition) is 2. The fraction of sp³-hybridized carbons (Fsp3) is 1.00. The quantitative estimate of drug-likeness (QED) is 0.593. The topological polar surface area (TPSA) is 46.2 Å². The number of rotatable bonds is 8. The van der Waals surface area contributed by atoms with Gasteiger partial charge in [-0.15, -0.1) is 0 Å². The van der Waals surface area contributed by atoms with E-state index in [4.69, 9.17) is 5.73 Å². The second kappa shape index (κ2) is 7.24. The van der Waals surface area contributed by atoms with Crippen molar-refractivity contribution < 1.29 is 5.11 Å². The molecule has 0 saturated heterocycles. The molecule has 14 heavy (non-hydrogen) atoms. The Hall–Kier alpha value is -0.0800. The summed E-state index contributed by atoms with van der Waals surface area (Å²) in [7, 11) is 0. The zero-order valence-electron chi connectivity index (χ0n) is 10.1. The monoisotopic (exact) mass is 201 g/mol. The number of nitrogens with two attached hydrogens (primary N) is 1. The van der Waals surface area contributed by atoms with Gasteiger partial charge in [-0.05, 0) is 12.3 Å². The highest BCUT2D eigenvalue weighted by atomic mass is 16.3. The molecule has 0 fully saturated rings. The van der Waals surface area contributed by atoms with Gasteiger partial charge in [-0.3, -0.25) is 0 Å². The molecule has 2 heteroatoms. The summed E-state index contributed by atoms with van der Waals surface area (Å²) in [6.07, 6.45) is 6.09. The van der Waals surface area contributed by atoms with Gasteiger partial charge in [0.05, 0.1) is 6.61 Å². The van der Waals surface area contributed by atoms with Crippen LogP contribution in [0.25, 0.3) is 0 Å². The molecule has 2 nitrogen and oxygen atoms in total. The summed E-state index contributed by atoms with van der Waals surface area (Å²) in [5.41, 5.74) is 5.74. The summed E-state index contributed by atoms with van der Waals surface area (Å²) in [6, 6.07) is 0. The summed E-state index contributed by atoms with van der Waals surface area (Å²) in [4.78, 5) is 0. The second-order valence-electron chi connectivity index (χ2n) is 4.69. The van der Waals surface area contributed by atoms with Crippen LogP contribution in [0.1, 0.15) is 52.9 Å². The Morgan fingerprint density at radius 1 is 1.21 bits per heavy atom. The normalized spacial score (nSPS) is 15.9. The van der Waals surface area contributed by atoms with E-state index in [2.05, 4.69) is 20.8 Å². The van der Waals surface area contributed by atoms with E-state index in [1.807, 2.05) is 0 Å². The molecule has 0 aromatic heterocycles. The van der Waals surface area contributed by atoms with E-state index < -0.39 is 0 Å². The first-order valence-corrected chi connectivity index (χ1v) is 5.94. The van der Waals surface area contributed by atoms with Crippen molar-refractivity contribution in [2.45, 2.75) is 52.9 Å². The average molecular weight is 201 g/mol. The van der Waals surface area contributed by atoms with Crippen LogP contribution in [-0.4, -0.2) is 18.3 Å². The Kier molecular flexibility index (Phi) is 7.20. The first-order valence-electron chi connectivity index (χ1n) is 5.94. The van der Waals surface area contributed by atoms with Crippen LogP contribution in [-0.2, 0) is 0 Å². The molecule has 3 N–H and O–H groups in total. The predicted octanol–water partition coefficient (Wildman–Crippen LogP) is 2.55. The zero-order valence-corrected chi connectivity index (χ0v) is 10.1. The summed E-state index contributed by atoms with van der Waals surface area (Å²) in [6.45, 7) is 7.36. The van der Waals surface area contributed by atoms with Crippen LogP contribution in [0, 0.1) is 11.3 Å². The minimum absolute atomic E-state index is 0.0340. The van der Waals surface area contributed by atoms with E-state index in [1.165, 1.54) is 25.7 Å². The molecule has 0 aliphatic carbocycles. The number of aliphatic hydroxyl groups is 1. The van der Waals surface area contributed by atoms with Crippen molar-refractivity contribution in [3.63, 3.8) is 0 Å². The van der Waals surface area contributed by atoms with Crippen molar-refractivity contribution in [1.82, 2.24) is 0 Å². The molecule has 1 unspecified atom stereocenters. The van der Waals surface area contributed by atoms with E-state index in [9.17, 15) is 5.11 Å². The minimum atomic E-state index is -0.0340. The Labute approximate surface area is 88.9 Å². The van der Waals surface area contributed by atoms with Crippen molar-refractivity contribution in [3.05, 3.63) is 0 Å². The fourth-order valence-electron chi connectivity index (χ4n) is 1.86. The molecule has 0 bridgehead atoms. The summed E-state index contributed by atoms with van der Waals surface area (Å²) >= 11 is 0. The highest BCUT2D eigenvalue weighted by Crippen LogP contribution is 2.32. The van der Waals surface area contributed by atoms with Crippen LogP contribution in [0.5, 0.6) is 0 Å². The first-order chi connectivity index (χ1) is 6.63. The highest BCUT2D eigenvalue weighted by molar-refractivity contribution is 4.82. The van der Waals surface area contributed by atoms with Crippen molar-refractivity contribution >= 4 is 0 Å². The van der Waals surface area contributed by atoms with Gasteiger partial charge < -0.3 is 10.8 Å². The van der Waals surface area contributed by atoms with Gasteiger partial charge in [0.1, 0.15) is 0 Å². The Balaban J connectivity index is 3.95. The summed E-state index contributed by atoms with van der Waals surface area (Å²) < 4.78 is 0. The Bertz CT molecular complexity index is 130. The molecular weight excluding hydrogens is 174 g/mol. The van der Waals surface area contributed by atoms with Gasteiger partial charge in [0.25, 0.3) is 0 Å². The van der Waals surface area contributed by atoms with Crippen molar-refractivity contribution in [2.75, 3.05) is 13.2 Å². The number of unbranched alkanes of at least 4 members (excludes halogenated alkanes) is 3. The van der Waals surface area contributed by atoms with Gasteiger partial charge in [-0.2, -0.15) is 0 Å². The summed E-state index contributed by atoms with van der Waals surface area (Å²) in [5.74, 6) is 0.471. The lowest BCUT2D eigenvalue weighted by Gasteiger charge is -2.34. The summed E-state index contributed by atoms with van der Waals surface area (Å²) in [5, 5.41) is 9.42. The third kappa shape index (κ3) is 3.97. The van der Waals surface area contributed by atoms with E-state index in [0.29, 0.717) is 12.5 Å². The van der Waals surface area contributed by atoms with Gasteiger partial charge in [0.2, 0.25) is 0 Å². The molecule has 0 aromatic rings. The largest absolute Gasteiger partial charge is 0.396 e. The smallest absolute Gasteiger partial charge is 0.0501 e. The molecule has 1 atom stereocenters. The maximum Gasteiger partial charge on any atom is 0.0501 e. The van der Waals surface area contributed by atoms with Crippen LogP contribution in [0.15, 0.2) is 0 Å². The van der Waals surface area contributed by atoms with E-state index >= 15 is 0 Å². The van der Waals surface area contributed by atoms with Gasteiger partial charge in [-0.1, -0.05) is 46.5 Å². The van der Waals surface area contributed by atoms with Gasteiger partial charge in [0.15, 0.2) is 0 Å². The molecule has 0 aromatic carbocycles. The molecule has 0 heterocycles. The van der Waals surface area contributed by atoms with E-state index in [1.54, 1.807) is 0 Å². The molecule has 0 aliphatic heterocycles. The lowest BCUT2D eigenvalue weighted by atomic mass is 9.74. The molecule has 0 amide bonds. The van der Waals surface area contributed by atoms with Crippen LogP contribution >= 0.6 is 0 Å². The molecule has 0 saturated carbocycles. The van der Waals surface area contributed by atoms with Gasteiger partial charge in [-0.25, -0.2) is 0 Å². The third-order valence-corrected chi connectivity index (χ3v) is 3.47. The molecule has 0 rings (SSSR count). The lowest BCUT2D eigenvalue weighted by Crippen LogP contribution is -2.39. The van der Waals surface area contributed by atoms with E-state index in [0.717, 1.165) is 6.42 Å². The van der Waals surface area contributed by atoms with Crippen molar-refractivity contribution in [2.24, 2.45) is 17.1 Å². The number of aliphatic hydroxyl groups excluding tert-OH is 1. The maximum atomic E-state index is 9.42. The van der Waals surface area contributed by atoms with Gasteiger partial charge in [0, 0.05) is 12.0 Å². The molecule has 86 valence electrons. The Morgan fingerprint density at radius 3 is 2.21 bits per heavy atom. The Morgan fingerprint density at radius 2 is 1.86 bits per heavy atom. The third-order valence-electron chi connectivity index (χ3n) is 3.47. The minimum Gasteiger partial charge on any atom is -0.396 e. The first kappa shape index (κ1) is 13.9. The standard InChI is InChI=1S/C12H27NO/c1-4-5-6-7-8-12(9-13,10-14)11(2)3/h11,14H,4-10,13H2,1-3H3. The van der Waals surface area contributed by atoms with Crippen LogP contribution in [0.3, 0.4) is 0 Å². The van der Waals surface area contributed by atoms with Crippen molar-refractivity contribution in [3.8, 4) is 0 Å².